The summed E-state index contributed by atoms with van der Waals surface area (Å²) in [5, 5.41) is 10.9. The first-order chi connectivity index (χ1) is 12.8. The number of aromatic nitrogens is 6. The highest BCUT2D eigenvalue weighted by Gasteiger charge is 2.17. The fraction of sp³-hybridized carbons (Fsp3) is 0.235. The minimum atomic E-state index is 0.478. The molecule has 0 atom stereocenters. The molecule has 9 heteroatoms. The van der Waals surface area contributed by atoms with Crippen molar-refractivity contribution in [3.63, 3.8) is 0 Å². The molecule has 0 bridgehead atoms. The van der Waals surface area contributed by atoms with E-state index in [0.717, 1.165) is 33.1 Å². The van der Waals surface area contributed by atoms with Crippen LogP contribution in [0.15, 0.2) is 62.4 Å². The van der Waals surface area contributed by atoms with Crippen molar-refractivity contribution < 1.29 is 4.42 Å². The van der Waals surface area contributed by atoms with Gasteiger partial charge < -0.3 is 4.42 Å². The molecule has 0 amide bonds. The number of furan rings is 1. The SMILES string of the molecule is CCCSc1nc(Sc2ccccn2)c2nnn(Cc3ccco3)c2n1. The van der Waals surface area contributed by atoms with Gasteiger partial charge in [-0.1, -0.05) is 30.0 Å². The lowest BCUT2D eigenvalue weighted by atomic mass is 10.4. The van der Waals surface area contributed by atoms with Crippen LogP contribution < -0.4 is 0 Å². The first-order valence-electron chi connectivity index (χ1n) is 8.19. The Bertz CT molecular complexity index is 987. The molecule has 4 aromatic rings. The zero-order valence-corrected chi connectivity index (χ0v) is 15.7. The summed E-state index contributed by atoms with van der Waals surface area (Å²) in [4.78, 5) is 13.7. The Morgan fingerprint density at radius 1 is 1.15 bits per heavy atom. The molecule has 0 N–H and O–H groups in total. The third kappa shape index (κ3) is 3.73. The highest BCUT2D eigenvalue weighted by molar-refractivity contribution is 7.99. The normalized spacial score (nSPS) is 11.3. The Balaban J connectivity index is 1.75. The van der Waals surface area contributed by atoms with Crippen LogP contribution in [-0.2, 0) is 6.54 Å². The number of pyridine rings is 1. The van der Waals surface area contributed by atoms with E-state index in [4.69, 9.17) is 4.42 Å². The fourth-order valence-corrected chi connectivity index (χ4v) is 3.88. The predicted molar refractivity (Wildman–Crippen MR) is 100 cm³/mol. The molecule has 0 aliphatic heterocycles. The number of hydrogen-bond donors (Lipinski definition) is 0. The lowest BCUT2D eigenvalue weighted by molar-refractivity contribution is 0.478. The molecular weight excluding hydrogens is 368 g/mol. The molecule has 132 valence electrons. The summed E-state index contributed by atoms with van der Waals surface area (Å²) in [5.74, 6) is 1.76. The smallest absolute Gasteiger partial charge is 0.190 e. The van der Waals surface area contributed by atoms with Gasteiger partial charge in [-0.05, 0) is 42.4 Å². The molecular formula is C17H16N6OS2. The maximum Gasteiger partial charge on any atom is 0.190 e. The lowest BCUT2D eigenvalue weighted by Crippen LogP contribution is -2.03. The van der Waals surface area contributed by atoms with Crippen molar-refractivity contribution in [1.82, 2.24) is 29.9 Å². The number of thioether (sulfide) groups is 1. The van der Waals surface area contributed by atoms with Crippen LogP contribution >= 0.6 is 23.5 Å². The largest absolute Gasteiger partial charge is 0.467 e. The topological polar surface area (TPSA) is 82.5 Å². The van der Waals surface area contributed by atoms with Crippen molar-refractivity contribution in [2.75, 3.05) is 5.75 Å². The lowest BCUT2D eigenvalue weighted by Gasteiger charge is -2.05. The summed E-state index contributed by atoms with van der Waals surface area (Å²) in [5.41, 5.74) is 1.38. The van der Waals surface area contributed by atoms with Gasteiger partial charge in [0.05, 0.1) is 6.26 Å². The molecule has 0 spiro atoms. The number of rotatable bonds is 7. The van der Waals surface area contributed by atoms with Crippen LogP contribution in [0.3, 0.4) is 0 Å². The molecule has 0 radical (unpaired) electrons. The molecule has 0 saturated heterocycles. The van der Waals surface area contributed by atoms with Gasteiger partial charge in [-0.2, -0.15) is 0 Å². The Labute approximate surface area is 158 Å². The van der Waals surface area contributed by atoms with E-state index in [2.05, 4.69) is 32.2 Å². The molecule has 0 unspecified atom stereocenters. The second kappa shape index (κ2) is 7.88. The van der Waals surface area contributed by atoms with Crippen LogP contribution in [0.2, 0.25) is 0 Å². The molecule has 0 fully saturated rings. The first kappa shape index (κ1) is 17.0. The monoisotopic (exact) mass is 384 g/mol. The van der Waals surface area contributed by atoms with E-state index >= 15 is 0 Å². The second-order valence-corrected chi connectivity index (χ2v) is 7.50. The van der Waals surface area contributed by atoms with E-state index in [1.165, 1.54) is 11.8 Å². The summed E-state index contributed by atoms with van der Waals surface area (Å²) >= 11 is 3.10. The van der Waals surface area contributed by atoms with Gasteiger partial charge in [-0.3, -0.25) is 0 Å². The van der Waals surface area contributed by atoms with Crippen LogP contribution in [-0.4, -0.2) is 35.7 Å². The van der Waals surface area contributed by atoms with Crippen molar-refractivity contribution in [3.8, 4) is 0 Å². The van der Waals surface area contributed by atoms with Crippen LogP contribution in [0.1, 0.15) is 19.1 Å². The average Bonchev–Trinajstić information content (AvgIpc) is 3.32. The van der Waals surface area contributed by atoms with Gasteiger partial charge in [-0.25, -0.2) is 19.6 Å². The number of fused-ring (bicyclic) bond motifs is 1. The minimum absolute atomic E-state index is 0.478. The van der Waals surface area contributed by atoms with Gasteiger partial charge in [-0.15, -0.1) is 5.10 Å². The van der Waals surface area contributed by atoms with E-state index in [0.29, 0.717) is 17.7 Å². The van der Waals surface area contributed by atoms with Gasteiger partial charge >= 0.3 is 0 Å². The van der Waals surface area contributed by atoms with Gasteiger partial charge in [0.15, 0.2) is 16.3 Å². The van der Waals surface area contributed by atoms with Gasteiger partial charge in [0, 0.05) is 11.9 Å². The van der Waals surface area contributed by atoms with Gasteiger partial charge in [0.2, 0.25) is 0 Å². The molecule has 26 heavy (non-hydrogen) atoms. The van der Waals surface area contributed by atoms with Crippen LogP contribution in [0.4, 0.5) is 0 Å². The van der Waals surface area contributed by atoms with E-state index < -0.39 is 0 Å². The first-order valence-corrected chi connectivity index (χ1v) is 9.99. The summed E-state index contributed by atoms with van der Waals surface area (Å²) in [6, 6.07) is 9.56. The molecule has 4 rings (SSSR count). The Morgan fingerprint density at radius 2 is 2.12 bits per heavy atom. The molecule has 0 saturated carbocycles. The minimum Gasteiger partial charge on any atom is -0.467 e. The van der Waals surface area contributed by atoms with E-state index in [-0.39, 0.29) is 0 Å². The van der Waals surface area contributed by atoms with Crippen molar-refractivity contribution in [1.29, 1.82) is 0 Å². The van der Waals surface area contributed by atoms with E-state index in [1.807, 2.05) is 30.3 Å². The van der Waals surface area contributed by atoms with E-state index in [9.17, 15) is 0 Å². The standard InChI is InChI=1S/C17H16N6OS2/c1-2-10-25-17-19-15-14(16(20-17)26-13-7-3-4-8-18-13)21-22-23(15)11-12-6-5-9-24-12/h3-9H,2,10-11H2,1H3. The zero-order valence-electron chi connectivity index (χ0n) is 14.1. The summed E-state index contributed by atoms with van der Waals surface area (Å²) in [7, 11) is 0. The zero-order chi connectivity index (χ0) is 17.8. The predicted octanol–water partition coefficient (Wildman–Crippen LogP) is 3.91. The quantitative estimate of drug-likeness (QED) is 0.269. The fourth-order valence-electron chi connectivity index (χ4n) is 2.30. The Kier molecular flexibility index (Phi) is 5.16. The molecule has 0 aliphatic carbocycles. The second-order valence-electron chi connectivity index (χ2n) is 5.43. The van der Waals surface area contributed by atoms with Crippen molar-refractivity contribution >= 4 is 34.7 Å². The van der Waals surface area contributed by atoms with Crippen LogP contribution in [0.5, 0.6) is 0 Å². The number of nitrogens with zero attached hydrogens (tertiary/aromatic N) is 6. The van der Waals surface area contributed by atoms with Gasteiger partial charge in [0.25, 0.3) is 0 Å². The maximum absolute atomic E-state index is 5.42. The highest BCUT2D eigenvalue weighted by atomic mass is 32.2. The van der Waals surface area contributed by atoms with Crippen LogP contribution in [0.25, 0.3) is 11.2 Å². The Hall–Kier alpha value is -2.39. The molecule has 4 aromatic heterocycles. The molecule has 4 heterocycles. The molecule has 7 nitrogen and oxygen atoms in total. The number of hydrogen-bond acceptors (Lipinski definition) is 8. The summed E-state index contributed by atoms with van der Waals surface area (Å²) in [6.45, 7) is 2.61. The maximum atomic E-state index is 5.42. The molecule has 0 aliphatic rings. The van der Waals surface area contributed by atoms with Gasteiger partial charge in [0.1, 0.15) is 22.4 Å². The van der Waals surface area contributed by atoms with Crippen molar-refractivity contribution in [3.05, 3.63) is 48.6 Å². The summed E-state index contributed by atoms with van der Waals surface area (Å²) < 4.78 is 7.17. The Morgan fingerprint density at radius 3 is 2.88 bits per heavy atom. The average molecular weight is 384 g/mol. The molecule has 0 aromatic carbocycles. The van der Waals surface area contributed by atoms with E-state index in [1.54, 1.807) is 28.9 Å². The van der Waals surface area contributed by atoms with Crippen molar-refractivity contribution in [2.24, 2.45) is 0 Å². The third-order valence-electron chi connectivity index (χ3n) is 3.47. The highest BCUT2D eigenvalue weighted by Crippen LogP contribution is 2.31. The third-order valence-corrected chi connectivity index (χ3v) is 5.45. The van der Waals surface area contributed by atoms with Crippen LogP contribution in [0, 0.1) is 0 Å². The summed E-state index contributed by atoms with van der Waals surface area (Å²) in [6.07, 6.45) is 4.47. The van der Waals surface area contributed by atoms with Crippen molar-refractivity contribution in [2.45, 2.75) is 35.1 Å².